The number of piperidine rings is 4. The van der Waals surface area contributed by atoms with Gasteiger partial charge in [-0.3, -0.25) is 19.6 Å². The molecule has 0 amide bonds. The molecule has 0 spiro atoms. The fraction of sp³-hybridized carbons (Fsp3) is 0.684. The van der Waals surface area contributed by atoms with Crippen molar-refractivity contribution in [1.29, 1.82) is 0 Å². The molecule has 13 rings (SSSR count). The number of phenols is 4. The first-order valence-corrected chi connectivity index (χ1v) is 35.7. The predicted molar refractivity (Wildman–Crippen MR) is 369 cm³/mol. The Labute approximate surface area is 569 Å². The van der Waals surface area contributed by atoms with Crippen molar-refractivity contribution >= 4 is 0 Å². The molecule has 528 valence electrons. The largest absolute Gasteiger partial charge is 0.634 e. The lowest BCUT2D eigenvalue weighted by Gasteiger charge is -2.56. The molecule has 96 heavy (non-hydrogen) atoms. The summed E-state index contributed by atoms with van der Waals surface area (Å²) in [5.41, 5.74) is 3.15. The van der Waals surface area contributed by atoms with Crippen molar-refractivity contribution in [3.05, 3.63) is 112 Å². The number of hydrogen-bond donors (Lipinski definition) is 8. The molecule has 4 fully saturated rings. The first kappa shape index (κ1) is 69.3. The lowest BCUT2D eigenvalue weighted by molar-refractivity contribution is -0.956. The van der Waals surface area contributed by atoms with E-state index in [0.717, 1.165) is 22.3 Å². The van der Waals surface area contributed by atoms with Crippen LogP contribution in [0.2, 0.25) is 0 Å². The lowest BCUT2D eigenvalue weighted by atomic mass is 9.76. The van der Waals surface area contributed by atoms with Gasteiger partial charge in [-0.1, -0.05) is 27.7 Å². The van der Waals surface area contributed by atoms with Gasteiger partial charge in [0.2, 0.25) is 0 Å². The van der Waals surface area contributed by atoms with Crippen LogP contribution in [-0.2, 0) is 26.2 Å². The number of nitrogens with zero attached hydrogens (tertiary/aromatic N) is 4. The number of benzene rings is 4. The first-order valence-electron chi connectivity index (χ1n) is 35.7. The molecule has 8 bridgehead atoms. The van der Waals surface area contributed by atoms with Gasteiger partial charge in [-0.25, -0.2) is 0 Å². The Morgan fingerprint density at radius 1 is 0.302 bits per heavy atom. The minimum Gasteiger partial charge on any atom is -0.634 e. The third-order valence-corrected chi connectivity index (χ3v) is 25.3. The predicted octanol–water partition coefficient (Wildman–Crippen LogP) is 8.45. The van der Waals surface area contributed by atoms with Gasteiger partial charge in [-0.05, 0) is 135 Å². The molecule has 4 aromatic rings. The molecule has 8 aliphatic heterocycles. The van der Waals surface area contributed by atoms with Crippen LogP contribution in [0.5, 0.6) is 46.0 Å². The summed E-state index contributed by atoms with van der Waals surface area (Å²) in [6.45, 7) is 43.0. The third-order valence-electron chi connectivity index (χ3n) is 25.3. The highest BCUT2D eigenvalue weighted by Gasteiger charge is 2.53. The van der Waals surface area contributed by atoms with Crippen LogP contribution in [-0.4, -0.2) is 135 Å². The van der Waals surface area contributed by atoms with Crippen LogP contribution in [0, 0.1) is 20.8 Å². The Hall–Kier alpha value is -5.20. The van der Waals surface area contributed by atoms with Crippen LogP contribution in [0.15, 0.2) is 24.3 Å². The number of ether oxygens (including phenoxy) is 4. The van der Waals surface area contributed by atoms with Crippen LogP contribution in [0.3, 0.4) is 0 Å². The number of hydroxylamine groups is 8. The van der Waals surface area contributed by atoms with Gasteiger partial charge in [0, 0.05) is 170 Å². The van der Waals surface area contributed by atoms with E-state index >= 15 is 0 Å². The number of fused-ring (bicyclic) bond motifs is 16. The average molecular weight is 1330 g/mol. The van der Waals surface area contributed by atoms with Gasteiger partial charge < -0.3 is 80.5 Å². The second-order valence-electron chi connectivity index (χ2n) is 36.4. The molecule has 0 saturated carbocycles. The molecule has 1 aliphatic carbocycles. The zero-order valence-electron chi connectivity index (χ0n) is 61.1. The molecule has 20 nitrogen and oxygen atoms in total. The summed E-state index contributed by atoms with van der Waals surface area (Å²) < 4.78 is 28.3. The van der Waals surface area contributed by atoms with Crippen LogP contribution in [0.1, 0.15) is 280 Å². The van der Waals surface area contributed by atoms with E-state index in [-0.39, 0.29) is 94.3 Å². The molecule has 4 aromatic carbocycles. The zero-order chi connectivity index (χ0) is 69.8. The number of rotatable bonds is 4. The molecule has 4 unspecified atom stereocenters. The molecule has 4 saturated heterocycles. The van der Waals surface area contributed by atoms with Gasteiger partial charge >= 0.3 is 0 Å². The quantitative estimate of drug-likeness (QED) is 0.0894. The maximum atomic E-state index is 13.9. The maximum absolute atomic E-state index is 13.9. The smallest absolute Gasteiger partial charge is 0.142 e. The molecule has 0 aromatic heterocycles. The summed E-state index contributed by atoms with van der Waals surface area (Å²) in [5.74, 6) is 0.0825. The van der Waals surface area contributed by atoms with E-state index in [9.17, 15) is 41.3 Å². The van der Waals surface area contributed by atoms with Crippen molar-refractivity contribution < 1.29 is 59.6 Å². The Bertz CT molecular complexity index is 3200. The number of hydrogen-bond acceptors (Lipinski definition) is 16. The van der Waals surface area contributed by atoms with Crippen molar-refractivity contribution in [3.8, 4) is 46.0 Å². The van der Waals surface area contributed by atoms with Crippen LogP contribution >= 0.6 is 0 Å². The fourth-order valence-electron chi connectivity index (χ4n) is 20.5. The Balaban J connectivity index is 1.03. The first-order chi connectivity index (χ1) is 44.5. The molecular formula is C76H112N8O12. The zero-order valence-corrected chi connectivity index (χ0v) is 61.1. The maximum Gasteiger partial charge on any atom is 0.142 e. The number of phenolic OH excluding ortho intramolecular Hbond substituents is 4. The number of quaternary nitrogens is 4. The second kappa shape index (κ2) is 23.2. The van der Waals surface area contributed by atoms with E-state index in [1.807, 2.05) is 135 Å². The number of aromatic hydroxyl groups is 4. The summed E-state index contributed by atoms with van der Waals surface area (Å²) in [6, 6.07) is 7.98. The standard InChI is InChI=1S/C76H112N8O12/c1-41-49-21-54(66-57(61(49)85)33-77(38-94-66)45-25-69(5,6)81(89)70(7,8)26-45)43(3)51-23-56(68-59(63(51)87)35-79(40-96-68)47-29-73(13,14)83(91)74(15,16)30-47)44(4)52-24-55(67-60(64(52)88)36-80(39-95-67)48-31-75(17,18)84(92)76(19,20)32-48)42(2)50-22-53(41)65-58(62(50)86)34-78(37-93-65)46-27-71(9,10)82(90)72(11,12)28-46/h21-24,41-48,81-88H,25-40H2,1-20H3. The summed E-state index contributed by atoms with van der Waals surface area (Å²) in [5, 5.41) is 110. The molecule has 9 aliphatic rings. The van der Waals surface area contributed by atoms with Gasteiger partial charge in [0.1, 0.15) is 72.9 Å². The highest BCUT2D eigenvalue weighted by atomic mass is 16.5. The third kappa shape index (κ3) is 11.2. The highest BCUT2D eigenvalue weighted by Crippen LogP contribution is 2.57. The molecule has 8 heterocycles. The van der Waals surface area contributed by atoms with Crippen molar-refractivity contribution in [2.75, 3.05) is 26.9 Å². The van der Waals surface area contributed by atoms with Crippen LogP contribution < -0.4 is 39.2 Å². The number of nitrogens with one attached hydrogen (secondary N) is 4. The SMILES string of the molecule is CC1c2cc(c3c(c2O)CN(C2CC(C)(C)[NH+]([O-])C(C)(C)C2)CO3)C(C)c2cc(c3c(c2O)CN(C2CC(C)(C)[NH+]([O-])C(C)(C)C2)CO3)C(C)c2cc(c3c(c2O)CN(C2CC(C)(C)[NH+]([O-])C(C)(C)C2)CO3)C(C)c2cc1c1c(c2O)CN(C2CC(C)(C)[NH+]([O-])C(C)(C)C2)CO1. The van der Waals surface area contributed by atoms with Crippen molar-refractivity contribution in [2.24, 2.45) is 0 Å². The summed E-state index contributed by atoms with van der Waals surface area (Å²) in [4.78, 5) is 9.05. The minimum absolute atomic E-state index is 0.0469. The summed E-state index contributed by atoms with van der Waals surface area (Å²) in [6.07, 6.45) is 4.95. The van der Waals surface area contributed by atoms with Gasteiger partial charge in [-0.2, -0.15) is 0 Å². The highest BCUT2D eigenvalue weighted by molar-refractivity contribution is 5.68. The van der Waals surface area contributed by atoms with Crippen LogP contribution in [0.4, 0.5) is 0 Å². The van der Waals surface area contributed by atoms with E-state index in [1.165, 1.54) is 0 Å². The average Bonchev–Trinajstić information content (AvgIpc) is 0.727. The Morgan fingerprint density at radius 2 is 0.458 bits per heavy atom. The second-order valence-corrected chi connectivity index (χ2v) is 36.4. The van der Waals surface area contributed by atoms with E-state index in [4.69, 9.17) is 18.9 Å². The molecule has 8 N–H and O–H groups in total. The van der Waals surface area contributed by atoms with Gasteiger partial charge in [0.05, 0.1) is 66.6 Å². The van der Waals surface area contributed by atoms with Gasteiger partial charge in [-0.15, -0.1) is 0 Å². The molecule has 20 heteroatoms. The molecule has 0 radical (unpaired) electrons. The van der Waals surface area contributed by atoms with E-state index in [0.29, 0.717) is 145 Å². The molecule has 4 atom stereocenters. The monoisotopic (exact) mass is 1330 g/mol. The summed E-state index contributed by atoms with van der Waals surface area (Å²) in [7, 11) is 0. The van der Waals surface area contributed by atoms with Crippen molar-refractivity contribution in [2.45, 2.75) is 308 Å². The van der Waals surface area contributed by atoms with Crippen molar-refractivity contribution in [3.63, 3.8) is 0 Å². The van der Waals surface area contributed by atoms with E-state index in [1.54, 1.807) is 0 Å². The normalized spacial score (nSPS) is 33.3. The van der Waals surface area contributed by atoms with Gasteiger partial charge in [0.25, 0.3) is 0 Å². The van der Waals surface area contributed by atoms with Gasteiger partial charge in [0.15, 0.2) is 0 Å². The fourth-order valence-corrected chi connectivity index (χ4v) is 20.5. The van der Waals surface area contributed by atoms with Crippen LogP contribution in [0.25, 0.3) is 0 Å². The Morgan fingerprint density at radius 3 is 0.615 bits per heavy atom. The topological polar surface area (TPSA) is 241 Å². The summed E-state index contributed by atoms with van der Waals surface area (Å²) >= 11 is 0. The minimum atomic E-state index is -0.592. The van der Waals surface area contributed by atoms with E-state index in [2.05, 4.69) is 47.3 Å². The van der Waals surface area contributed by atoms with E-state index < -0.39 is 68.0 Å². The Kier molecular flexibility index (Phi) is 16.7. The lowest BCUT2D eigenvalue weighted by Crippen LogP contribution is -3.23. The molecular weight excluding hydrogens is 1220 g/mol. The van der Waals surface area contributed by atoms with Crippen molar-refractivity contribution in [1.82, 2.24) is 19.6 Å².